The third kappa shape index (κ3) is 8.63. The molecule has 1 saturated heterocycles. The lowest BCUT2D eigenvalue weighted by atomic mass is 10.0. The van der Waals surface area contributed by atoms with Gasteiger partial charge in [0.2, 0.25) is 0 Å². The van der Waals surface area contributed by atoms with Gasteiger partial charge in [0.15, 0.2) is 11.5 Å². The minimum Gasteiger partial charge on any atom is -0.497 e. The number of benzene rings is 3. The highest BCUT2D eigenvalue weighted by molar-refractivity contribution is 5.89. The number of piperazine rings is 1. The number of nitrogens with one attached hydrogen (secondary N) is 2. The number of anilines is 3. The molecule has 5 rings (SSSR count). The molecule has 1 aliphatic rings. The van der Waals surface area contributed by atoms with Crippen LogP contribution in [0.5, 0.6) is 28.7 Å². The fraction of sp³-hybridized carbons (Fsp3) is 0.333. The lowest BCUT2D eigenvalue weighted by molar-refractivity contribution is 0.133. The third-order valence-corrected chi connectivity index (χ3v) is 8.23. The van der Waals surface area contributed by atoms with E-state index in [1.807, 2.05) is 37.3 Å². The molecule has 1 fully saturated rings. The van der Waals surface area contributed by atoms with Crippen LogP contribution in [-0.4, -0.2) is 88.6 Å². The zero-order chi connectivity index (χ0) is 33.3. The highest BCUT2D eigenvalue weighted by Crippen LogP contribution is 2.34. The van der Waals surface area contributed by atoms with Crippen molar-refractivity contribution >= 4 is 23.3 Å². The molecule has 0 spiro atoms. The maximum Gasteiger partial charge on any atom is 0.417 e. The molecule has 248 valence electrons. The van der Waals surface area contributed by atoms with Crippen molar-refractivity contribution in [2.45, 2.75) is 13.8 Å². The summed E-state index contributed by atoms with van der Waals surface area (Å²) in [6.07, 6.45) is -0.683. The lowest BCUT2D eigenvalue weighted by Gasteiger charge is -2.32. The number of pyridine rings is 1. The molecule has 0 unspecified atom stereocenters. The first-order valence-electron chi connectivity index (χ1n) is 15.5. The molecule has 1 amide bonds. The average Bonchev–Trinajstić information content (AvgIpc) is 3.07. The number of methoxy groups -OCH3 is 3. The smallest absolute Gasteiger partial charge is 0.417 e. The normalized spacial score (nSPS) is 13.5. The fourth-order valence-electron chi connectivity index (χ4n) is 5.31. The first-order valence-corrected chi connectivity index (χ1v) is 15.5. The van der Waals surface area contributed by atoms with Gasteiger partial charge in [0.1, 0.15) is 29.7 Å². The second-order valence-corrected chi connectivity index (χ2v) is 11.4. The first-order chi connectivity index (χ1) is 22.8. The molecule has 2 N–H and O–H groups in total. The number of hydrogen-bond donors (Lipinski definition) is 2. The number of aryl methyl sites for hydroxylation is 1. The van der Waals surface area contributed by atoms with E-state index >= 15 is 0 Å². The summed E-state index contributed by atoms with van der Waals surface area (Å²) < 4.78 is 28.2. The van der Waals surface area contributed by atoms with Crippen LogP contribution in [0.1, 0.15) is 11.1 Å². The summed E-state index contributed by atoms with van der Waals surface area (Å²) in [6.45, 7) is 9.73. The van der Waals surface area contributed by atoms with E-state index in [1.165, 1.54) is 7.11 Å². The molecule has 0 saturated carbocycles. The van der Waals surface area contributed by atoms with Crippen molar-refractivity contribution in [1.29, 1.82) is 0 Å². The van der Waals surface area contributed by atoms with Gasteiger partial charge in [-0.25, -0.2) is 9.78 Å². The minimum atomic E-state index is -0.683. The highest BCUT2D eigenvalue weighted by atomic mass is 16.6. The monoisotopic (exact) mass is 641 g/mol. The molecule has 0 bridgehead atoms. The van der Waals surface area contributed by atoms with Crippen LogP contribution in [0.15, 0.2) is 66.7 Å². The summed E-state index contributed by atoms with van der Waals surface area (Å²) in [6, 6.07) is 20.2. The Morgan fingerprint density at radius 1 is 0.830 bits per heavy atom. The van der Waals surface area contributed by atoms with E-state index in [2.05, 4.69) is 40.5 Å². The molecule has 1 aromatic heterocycles. The summed E-state index contributed by atoms with van der Waals surface area (Å²) >= 11 is 0. The molecule has 11 heteroatoms. The molecule has 4 aromatic rings. The van der Waals surface area contributed by atoms with Gasteiger partial charge < -0.3 is 33.9 Å². The van der Waals surface area contributed by atoms with E-state index < -0.39 is 6.09 Å². The van der Waals surface area contributed by atoms with Gasteiger partial charge in [-0.1, -0.05) is 18.2 Å². The Bertz CT molecular complexity index is 1690. The number of ether oxygens (including phenoxy) is 5. The van der Waals surface area contributed by atoms with Crippen molar-refractivity contribution in [1.82, 2.24) is 14.8 Å². The summed E-state index contributed by atoms with van der Waals surface area (Å²) in [5.74, 6) is 3.10. The van der Waals surface area contributed by atoms with Crippen LogP contribution in [0, 0.1) is 13.8 Å². The van der Waals surface area contributed by atoms with Gasteiger partial charge in [0.05, 0.1) is 32.7 Å². The first kappa shape index (κ1) is 33.4. The number of amides is 1. The molecule has 0 aliphatic carbocycles. The predicted octanol–water partition coefficient (Wildman–Crippen LogP) is 6.37. The van der Waals surface area contributed by atoms with Crippen molar-refractivity contribution in [3.63, 3.8) is 0 Å². The van der Waals surface area contributed by atoms with Gasteiger partial charge in [-0.15, -0.1) is 0 Å². The van der Waals surface area contributed by atoms with Crippen LogP contribution < -0.4 is 34.3 Å². The van der Waals surface area contributed by atoms with Crippen molar-refractivity contribution in [3.05, 3.63) is 77.9 Å². The summed E-state index contributed by atoms with van der Waals surface area (Å²) in [5.41, 5.74) is 4.96. The molecule has 0 radical (unpaired) electrons. The van der Waals surface area contributed by atoms with E-state index in [0.717, 1.165) is 55.1 Å². The minimum absolute atomic E-state index is 0.305. The van der Waals surface area contributed by atoms with E-state index in [-0.39, 0.29) is 0 Å². The van der Waals surface area contributed by atoms with Gasteiger partial charge in [0, 0.05) is 68.2 Å². The molecule has 11 nitrogen and oxygen atoms in total. The molecule has 1 aliphatic heterocycles. The Balaban J connectivity index is 1.35. The lowest BCUT2D eigenvalue weighted by Crippen LogP contribution is -2.45. The van der Waals surface area contributed by atoms with Gasteiger partial charge in [0.25, 0.3) is 0 Å². The zero-order valence-corrected chi connectivity index (χ0v) is 27.9. The molecule has 2 heterocycles. The fourth-order valence-corrected chi connectivity index (χ4v) is 5.31. The zero-order valence-electron chi connectivity index (χ0n) is 27.9. The van der Waals surface area contributed by atoms with Crippen LogP contribution in [0.2, 0.25) is 0 Å². The number of hydrogen-bond acceptors (Lipinski definition) is 10. The van der Waals surface area contributed by atoms with E-state index in [1.54, 1.807) is 44.6 Å². The number of rotatable bonds is 12. The van der Waals surface area contributed by atoms with Crippen LogP contribution >= 0.6 is 0 Å². The maximum atomic E-state index is 13.1. The summed E-state index contributed by atoms with van der Waals surface area (Å²) in [4.78, 5) is 22.7. The van der Waals surface area contributed by atoms with Crippen molar-refractivity contribution < 1.29 is 28.5 Å². The highest BCUT2D eigenvalue weighted by Gasteiger charge is 2.17. The molecule has 47 heavy (non-hydrogen) atoms. The second-order valence-electron chi connectivity index (χ2n) is 11.4. The quantitative estimate of drug-likeness (QED) is 0.181. The SMILES string of the molecule is COc1ccc(NC(=O)Oc2cc(Nc3ccc(OCCN4CCN(C)CC4)c(OC)c3)nc(-c3cccc(C)c3C)c2)c(OC)c1. The van der Waals surface area contributed by atoms with Gasteiger partial charge in [-0.3, -0.25) is 10.2 Å². The average molecular weight is 642 g/mol. The Morgan fingerprint density at radius 2 is 1.62 bits per heavy atom. The number of carbonyl (C=O) groups is 1. The van der Waals surface area contributed by atoms with Crippen LogP contribution in [0.25, 0.3) is 11.3 Å². The largest absolute Gasteiger partial charge is 0.497 e. The predicted molar refractivity (Wildman–Crippen MR) is 184 cm³/mol. The Hall–Kier alpha value is -5.00. The Morgan fingerprint density at radius 3 is 2.36 bits per heavy atom. The maximum absolute atomic E-state index is 13.1. The summed E-state index contributed by atoms with van der Waals surface area (Å²) in [5, 5.41) is 6.10. The van der Waals surface area contributed by atoms with E-state index in [9.17, 15) is 4.79 Å². The van der Waals surface area contributed by atoms with Crippen molar-refractivity contribution in [2.24, 2.45) is 0 Å². The van der Waals surface area contributed by atoms with Gasteiger partial charge in [-0.05, 0) is 56.3 Å². The molecule has 3 aromatic carbocycles. The second kappa shape index (κ2) is 15.5. The van der Waals surface area contributed by atoms with E-state index in [0.29, 0.717) is 52.6 Å². The topological polar surface area (TPSA) is 107 Å². The van der Waals surface area contributed by atoms with Gasteiger partial charge in [-0.2, -0.15) is 0 Å². The summed E-state index contributed by atoms with van der Waals surface area (Å²) in [7, 11) is 6.85. The van der Waals surface area contributed by atoms with Crippen LogP contribution in [0.4, 0.5) is 22.0 Å². The Kier molecular flexibility index (Phi) is 11.0. The third-order valence-electron chi connectivity index (χ3n) is 8.23. The van der Waals surface area contributed by atoms with Crippen LogP contribution in [0.3, 0.4) is 0 Å². The molecule has 0 atom stereocenters. The number of likely N-dealkylation sites (N-methyl/N-ethyl adjacent to an activating group) is 1. The standard InChI is InChI=1S/C36H43N5O6/c1-24-8-7-9-29(25(24)2)31-21-28(47-36(42)39-30-12-11-27(43-4)22-33(30)44-5)23-35(38-31)37-26-10-13-32(34(20-26)45-6)46-19-18-41-16-14-40(3)15-17-41/h7-13,20-23H,14-19H2,1-6H3,(H,37,38)(H,39,42). The van der Waals surface area contributed by atoms with Gasteiger partial charge >= 0.3 is 6.09 Å². The molecular weight excluding hydrogens is 598 g/mol. The van der Waals surface area contributed by atoms with Crippen molar-refractivity contribution in [3.8, 4) is 40.0 Å². The van der Waals surface area contributed by atoms with E-state index in [4.69, 9.17) is 28.7 Å². The number of nitrogens with zero attached hydrogens (tertiary/aromatic N) is 3. The molecular formula is C36H43N5O6. The Labute approximate surface area is 276 Å². The van der Waals surface area contributed by atoms with Crippen molar-refractivity contribution in [2.75, 3.05) is 78.3 Å². The number of carbonyl (C=O) groups excluding carboxylic acids is 1. The number of aromatic nitrogens is 1. The van der Waals surface area contributed by atoms with Crippen LogP contribution in [-0.2, 0) is 0 Å².